The average Bonchev–Trinajstić information content (AvgIpc) is 2.83. The summed E-state index contributed by atoms with van der Waals surface area (Å²) in [6, 6.07) is 13.0. The van der Waals surface area contributed by atoms with Gasteiger partial charge in [0, 0.05) is 12.1 Å². The number of benzene rings is 2. The summed E-state index contributed by atoms with van der Waals surface area (Å²) < 4.78 is 18.0. The van der Waals surface area contributed by atoms with E-state index in [0.29, 0.717) is 12.1 Å². The van der Waals surface area contributed by atoms with E-state index in [9.17, 15) is 14.0 Å². The molecule has 3 rings (SSSR count). The number of esters is 1. The molecule has 0 radical (unpaired) electrons. The Morgan fingerprint density at radius 3 is 2.64 bits per heavy atom. The van der Waals surface area contributed by atoms with Gasteiger partial charge in [0.1, 0.15) is 11.9 Å². The normalized spacial score (nSPS) is 16.0. The van der Waals surface area contributed by atoms with Crippen molar-refractivity contribution in [2.45, 2.75) is 19.1 Å². The number of carbonyl (C=O) groups excluding carboxylic acids is 2. The summed E-state index contributed by atoms with van der Waals surface area (Å²) in [6.45, 7) is 0.307. The van der Waals surface area contributed by atoms with Gasteiger partial charge in [0.15, 0.2) is 0 Å². The van der Waals surface area contributed by atoms with Crippen LogP contribution in [-0.4, -0.2) is 11.9 Å². The highest BCUT2D eigenvalue weighted by Crippen LogP contribution is 2.32. The molecule has 0 fully saturated rings. The summed E-state index contributed by atoms with van der Waals surface area (Å²) in [4.78, 5) is 23.7. The largest absolute Gasteiger partial charge is 0.453 e. The van der Waals surface area contributed by atoms with Crippen LogP contribution in [0.2, 0.25) is 0 Å². The number of rotatable bonds is 4. The zero-order chi connectivity index (χ0) is 15.5. The molecule has 1 atom stereocenters. The van der Waals surface area contributed by atoms with E-state index in [1.807, 2.05) is 6.07 Å². The molecule has 1 N–H and O–H groups in total. The van der Waals surface area contributed by atoms with Crippen molar-refractivity contribution in [1.29, 1.82) is 0 Å². The molecule has 1 heterocycles. The minimum absolute atomic E-state index is 0.0734. The van der Waals surface area contributed by atoms with E-state index in [1.54, 1.807) is 30.3 Å². The number of halogens is 1. The number of hydrogen-bond donors (Lipinski definition) is 1. The van der Waals surface area contributed by atoms with Crippen LogP contribution < -0.4 is 5.32 Å². The quantitative estimate of drug-likeness (QED) is 0.883. The lowest BCUT2D eigenvalue weighted by Crippen LogP contribution is -2.24. The molecule has 0 bridgehead atoms. The molecule has 1 aliphatic heterocycles. The third kappa shape index (κ3) is 2.98. The molecular weight excluding hydrogens is 285 g/mol. The first kappa shape index (κ1) is 14.3. The molecule has 1 amide bonds. The Bertz CT molecular complexity index is 712. The van der Waals surface area contributed by atoms with Gasteiger partial charge in [-0.05, 0) is 23.8 Å². The predicted molar refractivity (Wildman–Crippen MR) is 77.5 cm³/mol. The minimum Gasteiger partial charge on any atom is -0.453 e. The summed E-state index contributed by atoms with van der Waals surface area (Å²) in [5, 5.41) is 2.74. The van der Waals surface area contributed by atoms with Crippen molar-refractivity contribution in [2.24, 2.45) is 0 Å². The highest BCUT2D eigenvalue weighted by molar-refractivity contribution is 5.94. The maximum atomic E-state index is 12.8. The van der Waals surface area contributed by atoms with Crippen LogP contribution in [0, 0.1) is 5.82 Å². The van der Waals surface area contributed by atoms with Crippen LogP contribution >= 0.6 is 0 Å². The van der Waals surface area contributed by atoms with Gasteiger partial charge in [-0.1, -0.05) is 30.3 Å². The van der Waals surface area contributed by atoms with E-state index in [0.717, 1.165) is 11.1 Å². The third-order valence-electron chi connectivity index (χ3n) is 3.55. The molecule has 4 nitrogen and oxygen atoms in total. The minimum atomic E-state index is -0.545. The summed E-state index contributed by atoms with van der Waals surface area (Å²) >= 11 is 0. The van der Waals surface area contributed by atoms with Gasteiger partial charge in [0.05, 0.1) is 12.0 Å². The Morgan fingerprint density at radius 1 is 1.14 bits per heavy atom. The van der Waals surface area contributed by atoms with Gasteiger partial charge in [0.25, 0.3) is 0 Å². The number of amides is 1. The van der Waals surface area contributed by atoms with Crippen molar-refractivity contribution in [3.05, 3.63) is 71.0 Å². The highest BCUT2D eigenvalue weighted by atomic mass is 19.1. The Hall–Kier alpha value is -2.69. The van der Waals surface area contributed by atoms with Crippen LogP contribution in [0.1, 0.15) is 34.0 Å². The van der Waals surface area contributed by atoms with Crippen LogP contribution in [0.3, 0.4) is 0 Å². The van der Waals surface area contributed by atoms with Gasteiger partial charge >= 0.3 is 5.97 Å². The van der Waals surface area contributed by atoms with Gasteiger partial charge in [-0.2, -0.15) is 0 Å². The van der Waals surface area contributed by atoms with Crippen LogP contribution in [0.4, 0.5) is 4.39 Å². The first-order chi connectivity index (χ1) is 10.6. The van der Waals surface area contributed by atoms with Crippen molar-refractivity contribution < 1.29 is 18.7 Å². The van der Waals surface area contributed by atoms with Crippen molar-refractivity contribution in [2.75, 3.05) is 0 Å². The van der Waals surface area contributed by atoms with E-state index >= 15 is 0 Å². The Kier molecular flexibility index (Phi) is 3.87. The molecule has 2 aromatic rings. The van der Waals surface area contributed by atoms with Crippen molar-refractivity contribution in [1.82, 2.24) is 5.32 Å². The first-order valence-electron chi connectivity index (χ1n) is 6.94. The molecular formula is C17H14FNO3. The van der Waals surface area contributed by atoms with Crippen molar-refractivity contribution >= 4 is 11.9 Å². The summed E-state index contributed by atoms with van der Waals surface area (Å²) in [7, 11) is 0. The van der Waals surface area contributed by atoms with Gasteiger partial charge in [-0.3, -0.25) is 4.79 Å². The second-order valence-electron chi connectivity index (χ2n) is 5.09. The van der Waals surface area contributed by atoms with Gasteiger partial charge < -0.3 is 10.1 Å². The fourth-order valence-electron chi connectivity index (χ4n) is 2.41. The Balaban J connectivity index is 1.59. The molecule has 5 heteroatoms. The zero-order valence-electron chi connectivity index (χ0n) is 11.7. The number of cyclic esters (lactones) is 1. The molecule has 1 aliphatic rings. The van der Waals surface area contributed by atoms with E-state index in [1.165, 1.54) is 12.1 Å². The molecule has 112 valence electrons. The summed E-state index contributed by atoms with van der Waals surface area (Å²) in [5.41, 5.74) is 2.06. The maximum Gasteiger partial charge on any atom is 0.339 e. The van der Waals surface area contributed by atoms with Crippen LogP contribution in [-0.2, 0) is 16.1 Å². The van der Waals surface area contributed by atoms with Crippen LogP contribution in [0.15, 0.2) is 48.5 Å². The smallest absolute Gasteiger partial charge is 0.339 e. The fraction of sp³-hybridized carbons (Fsp3) is 0.176. The van der Waals surface area contributed by atoms with Crippen LogP contribution in [0.5, 0.6) is 0 Å². The topological polar surface area (TPSA) is 55.4 Å². The molecule has 0 aliphatic carbocycles. The number of fused-ring (bicyclic) bond motifs is 1. The van der Waals surface area contributed by atoms with E-state index in [2.05, 4.69) is 5.32 Å². The lowest BCUT2D eigenvalue weighted by Gasteiger charge is -2.11. The first-order valence-corrected chi connectivity index (χ1v) is 6.94. The van der Waals surface area contributed by atoms with E-state index < -0.39 is 12.1 Å². The van der Waals surface area contributed by atoms with Gasteiger partial charge in [-0.25, -0.2) is 9.18 Å². The van der Waals surface area contributed by atoms with E-state index in [-0.39, 0.29) is 18.1 Å². The number of nitrogens with one attached hydrogen (secondary N) is 1. The SMILES string of the molecule is O=C(C[C@@H]1OC(=O)c2ccccc21)NCc1ccc(F)cc1. The number of hydrogen-bond acceptors (Lipinski definition) is 3. The summed E-state index contributed by atoms with van der Waals surface area (Å²) in [5.74, 6) is -0.935. The molecule has 0 aromatic heterocycles. The maximum absolute atomic E-state index is 12.8. The van der Waals surface area contributed by atoms with Gasteiger partial charge in [0.2, 0.25) is 5.91 Å². The molecule has 0 saturated carbocycles. The second kappa shape index (κ2) is 5.97. The fourth-order valence-corrected chi connectivity index (χ4v) is 2.41. The molecule has 2 aromatic carbocycles. The standard InChI is InChI=1S/C17H14FNO3/c18-12-7-5-11(6-8-12)10-19-16(20)9-15-13-3-1-2-4-14(13)17(21)22-15/h1-8,15H,9-10H2,(H,19,20)/t15-/m0/s1. The molecule has 22 heavy (non-hydrogen) atoms. The Morgan fingerprint density at radius 2 is 1.86 bits per heavy atom. The van der Waals surface area contributed by atoms with E-state index in [4.69, 9.17) is 4.74 Å². The highest BCUT2D eigenvalue weighted by Gasteiger charge is 2.31. The molecule has 0 unspecified atom stereocenters. The Labute approximate surface area is 126 Å². The predicted octanol–water partition coefficient (Wildman–Crippen LogP) is 2.74. The molecule has 0 spiro atoms. The third-order valence-corrected chi connectivity index (χ3v) is 3.55. The van der Waals surface area contributed by atoms with Crippen molar-refractivity contribution in [3.8, 4) is 0 Å². The molecule has 0 saturated heterocycles. The second-order valence-corrected chi connectivity index (χ2v) is 5.09. The zero-order valence-corrected chi connectivity index (χ0v) is 11.7. The average molecular weight is 299 g/mol. The summed E-state index contributed by atoms with van der Waals surface area (Å²) in [6.07, 6.45) is -0.471. The number of ether oxygens (including phenoxy) is 1. The lowest BCUT2D eigenvalue weighted by molar-refractivity contribution is -0.123. The number of carbonyl (C=O) groups is 2. The van der Waals surface area contributed by atoms with Gasteiger partial charge in [-0.15, -0.1) is 0 Å². The monoisotopic (exact) mass is 299 g/mol. The van der Waals surface area contributed by atoms with Crippen molar-refractivity contribution in [3.63, 3.8) is 0 Å². The lowest BCUT2D eigenvalue weighted by atomic mass is 10.0. The van der Waals surface area contributed by atoms with Crippen LogP contribution in [0.25, 0.3) is 0 Å².